The van der Waals surface area contributed by atoms with Gasteiger partial charge in [0.1, 0.15) is 11.3 Å². The number of nitrogen functional groups attached to an aromatic ring is 1. The molecule has 3 heterocycles. The number of fused-ring (bicyclic) bond motifs is 1. The van der Waals surface area contributed by atoms with Crippen molar-refractivity contribution in [3.8, 4) is 11.1 Å². The van der Waals surface area contributed by atoms with Crippen molar-refractivity contribution >= 4 is 22.7 Å². The van der Waals surface area contributed by atoms with Crippen LogP contribution in [0.2, 0.25) is 0 Å². The summed E-state index contributed by atoms with van der Waals surface area (Å²) in [6.45, 7) is 6.73. The highest BCUT2D eigenvalue weighted by molar-refractivity contribution is 5.94. The largest absolute Gasteiger partial charge is 0.397 e. The van der Waals surface area contributed by atoms with Gasteiger partial charge in [-0.2, -0.15) is 0 Å². The van der Waals surface area contributed by atoms with Crippen LogP contribution in [-0.2, 0) is 6.54 Å². The Balaban J connectivity index is 1.72. The van der Waals surface area contributed by atoms with E-state index in [-0.39, 0.29) is 0 Å². The molecule has 2 N–H and O–H groups in total. The second kappa shape index (κ2) is 6.95. The van der Waals surface area contributed by atoms with Crippen LogP contribution in [0.3, 0.4) is 0 Å². The van der Waals surface area contributed by atoms with Crippen molar-refractivity contribution in [1.82, 2.24) is 14.7 Å². The summed E-state index contributed by atoms with van der Waals surface area (Å²) in [5, 5.41) is 4.11. The van der Waals surface area contributed by atoms with Gasteiger partial charge in [0, 0.05) is 18.7 Å². The molecule has 6 nitrogen and oxygen atoms in total. The predicted octanol–water partition coefficient (Wildman–Crippen LogP) is 4.54. The average molecular weight is 387 g/mol. The molecule has 0 unspecified atom stereocenters. The van der Waals surface area contributed by atoms with Crippen LogP contribution in [0.1, 0.15) is 29.9 Å². The first kappa shape index (κ1) is 17.8. The third-order valence-electron chi connectivity index (χ3n) is 5.76. The van der Waals surface area contributed by atoms with Gasteiger partial charge in [-0.05, 0) is 49.9 Å². The smallest absolute Gasteiger partial charge is 0.206 e. The van der Waals surface area contributed by atoms with Crippen LogP contribution in [0.15, 0.2) is 47.0 Å². The minimum absolute atomic E-state index is 0.685. The lowest BCUT2D eigenvalue weighted by molar-refractivity contribution is 0.393. The van der Waals surface area contributed by atoms with Crippen molar-refractivity contribution in [2.24, 2.45) is 0 Å². The number of benzene rings is 2. The van der Waals surface area contributed by atoms with Crippen molar-refractivity contribution in [1.29, 1.82) is 0 Å². The molecule has 148 valence electrons. The Kier molecular flexibility index (Phi) is 4.27. The van der Waals surface area contributed by atoms with E-state index < -0.39 is 0 Å². The maximum Gasteiger partial charge on any atom is 0.206 e. The van der Waals surface area contributed by atoms with E-state index in [0.717, 1.165) is 59.2 Å². The summed E-state index contributed by atoms with van der Waals surface area (Å²) >= 11 is 0. The SMILES string of the molecule is Cc1noc(C)c1-c1cc(N)c2nc(N3CCCC3)n(Cc3ccccc3)c2c1. The van der Waals surface area contributed by atoms with Crippen LogP contribution in [0.25, 0.3) is 22.2 Å². The normalized spacial score (nSPS) is 14.2. The van der Waals surface area contributed by atoms with Crippen molar-refractivity contribution < 1.29 is 4.52 Å². The van der Waals surface area contributed by atoms with Gasteiger partial charge in [-0.15, -0.1) is 0 Å². The van der Waals surface area contributed by atoms with Gasteiger partial charge in [-0.25, -0.2) is 4.98 Å². The molecule has 5 rings (SSSR count). The van der Waals surface area contributed by atoms with Gasteiger partial charge < -0.3 is 19.7 Å². The number of aromatic nitrogens is 3. The highest BCUT2D eigenvalue weighted by Gasteiger charge is 2.23. The third kappa shape index (κ3) is 3.05. The molecular weight excluding hydrogens is 362 g/mol. The van der Waals surface area contributed by atoms with Crippen LogP contribution in [0, 0.1) is 13.8 Å². The Labute approximate surface area is 169 Å². The molecule has 2 aromatic carbocycles. The maximum absolute atomic E-state index is 6.49. The average Bonchev–Trinajstić information content (AvgIpc) is 3.43. The van der Waals surface area contributed by atoms with Gasteiger partial charge in [0.15, 0.2) is 0 Å². The van der Waals surface area contributed by atoms with E-state index in [1.807, 2.05) is 26.0 Å². The Morgan fingerprint density at radius 1 is 1.07 bits per heavy atom. The Morgan fingerprint density at radius 2 is 1.83 bits per heavy atom. The quantitative estimate of drug-likeness (QED) is 0.521. The zero-order valence-corrected chi connectivity index (χ0v) is 16.9. The van der Waals surface area contributed by atoms with Crippen LogP contribution in [0.4, 0.5) is 11.6 Å². The number of aryl methyl sites for hydroxylation is 2. The summed E-state index contributed by atoms with van der Waals surface area (Å²) in [7, 11) is 0. The number of nitrogens with two attached hydrogens (primary N) is 1. The lowest BCUT2D eigenvalue weighted by atomic mass is 10.0. The third-order valence-corrected chi connectivity index (χ3v) is 5.76. The van der Waals surface area contributed by atoms with Gasteiger partial charge in [-0.1, -0.05) is 35.5 Å². The molecule has 0 amide bonds. The summed E-state index contributed by atoms with van der Waals surface area (Å²) in [5.74, 6) is 1.80. The minimum atomic E-state index is 0.685. The van der Waals surface area contributed by atoms with Gasteiger partial charge >= 0.3 is 0 Å². The summed E-state index contributed by atoms with van der Waals surface area (Å²) < 4.78 is 7.69. The zero-order valence-electron chi connectivity index (χ0n) is 16.9. The molecule has 0 atom stereocenters. The zero-order chi connectivity index (χ0) is 20.0. The fourth-order valence-electron chi connectivity index (χ4n) is 4.36. The van der Waals surface area contributed by atoms with Gasteiger partial charge in [0.2, 0.25) is 5.95 Å². The first-order valence-corrected chi connectivity index (χ1v) is 10.1. The number of hydrogen-bond acceptors (Lipinski definition) is 5. The van der Waals surface area contributed by atoms with Crippen LogP contribution >= 0.6 is 0 Å². The maximum atomic E-state index is 6.49. The molecule has 0 saturated carbocycles. The van der Waals surface area contributed by atoms with E-state index in [2.05, 4.69) is 45.0 Å². The van der Waals surface area contributed by atoms with Crippen LogP contribution < -0.4 is 10.6 Å². The summed E-state index contributed by atoms with van der Waals surface area (Å²) in [6, 6.07) is 14.7. The molecule has 1 aliphatic heterocycles. The van der Waals surface area contributed by atoms with E-state index in [4.69, 9.17) is 15.2 Å². The van der Waals surface area contributed by atoms with Gasteiger partial charge in [-0.3, -0.25) is 0 Å². The molecule has 2 aromatic heterocycles. The summed E-state index contributed by atoms with van der Waals surface area (Å²) in [6.07, 6.45) is 2.41. The fraction of sp³-hybridized carbons (Fsp3) is 0.304. The van der Waals surface area contributed by atoms with Crippen molar-refractivity contribution in [3.63, 3.8) is 0 Å². The number of nitrogens with zero attached hydrogens (tertiary/aromatic N) is 4. The molecule has 6 heteroatoms. The molecule has 1 saturated heterocycles. The van der Waals surface area contributed by atoms with Gasteiger partial charge in [0.05, 0.1) is 23.4 Å². The minimum Gasteiger partial charge on any atom is -0.397 e. The van der Waals surface area contributed by atoms with Crippen LogP contribution in [-0.4, -0.2) is 27.8 Å². The predicted molar refractivity (Wildman–Crippen MR) is 116 cm³/mol. The van der Waals surface area contributed by atoms with E-state index in [1.165, 1.54) is 18.4 Å². The molecule has 1 aliphatic rings. The second-order valence-electron chi connectivity index (χ2n) is 7.81. The molecule has 1 fully saturated rings. The Bertz CT molecular complexity index is 1150. The molecule has 0 aliphatic carbocycles. The van der Waals surface area contributed by atoms with Crippen LogP contribution in [0.5, 0.6) is 0 Å². The summed E-state index contributed by atoms with van der Waals surface area (Å²) in [4.78, 5) is 7.36. The number of rotatable bonds is 4. The lowest BCUT2D eigenvalue weighted by Crippen LogP contribution is -2.22. The highest BCUT2D eigenvalue weighted by atomic mass is 16.5. The van der Waals surface area contributed by atoms with E-state index >= 15 is 0 Å². The van der Waals surface area contributed by atoms with Crippen molar-refractivity contribution in [2.75, 3.05) is 23.7 Å². The fourth-order valence-corrected chi connectivity index (χ4v) is 4.36. The molecule has 0 spiro atoms. The summed E-state index contributed by atoms with van der Waals surface area (Å²) in [5.41, 5.74) is 13.2. The monoisotopic (exact) mass is 387 g/mol. The Morgan fingerprint density at radius 3 is 2.52 bits per heavy atom. The second-order valence-corrected chi connectivity index (χ2v) is 7.81. The van der Waals surface area contributed by atoms with E-state index in [0.29, 0.717) is 5.69 Å². The molecule has 29 heavy (non-hydrogen) atoms. The highest BCUT2D eigenvalue weighted by Crippen LogP contribution is 2.35. The number of anilines is 2. The van der Waals surface area contributed by atoms with E-state index in [1.54, 1.807) is 0 Å². The molecular formula is C23H25N5O. The number of imidazole rings is 1. The molecule has 4 aromatic rings. The first-order chi connectivity index (χ1) is 14.1. The van der Waals surface area contributed by atoms with E-state index in [9.17, 15) is 0 Å². The van der Waals surface area contributed by atoms with Gasteiger partial charge in [0.25, 0.3) is 0 Å². The standard InChI is InChI=1S/C23H25N5O/c1-15-21(16(2)29-26-15)18-12-19(24)22-20(13-18)28(14-17-8-4-3-5-9-17)23(25-22)27-10-6-7-11-27/h3-5,8-9,12-13H,6-7,10-11,14,24H2,1-2H3. The van der Waals surface area contributed by atoms with Crippen molar-refractivity contribution in [2.45, 2.75) is 33.2 Å². The number of hydrogen-bond donors (Lipinski definition) is 1. The van der Waals surface area contributed by atoms with Crippen molar-refractivity contribution in [3.05, 3.63) is 59.5 Å². The topological polar surface area (TPSA) is 73.1 Å². The first-order valence-electron chi connectivity index (χ1n) is 10.1. The molecule has 0 radical (unpaired) electrons. The lowest BCUT2D eigenvalue weighted by Gasteiger charge is -2.19. The Hall–Kier alpha value is -3.28. The molecule has 0 bridgehead atoms.